The first kappa shape index (κ1) is 13.1. The second kappa shape index (κ2) is 4.61. The third kappa shape index (κ3) is 2.30. The molecule has 2 aromatic rings. The minimum Gasteiger partial charge on any atom is -0.368 e. The van der Waals surface area contributed by atoms with E-state index in [4.69, 9.17) is 5.73 Å². The molecule has 0 spiro atoms. The summed E-state index contributed by atoms with van der Waals surface area (Å²) in [5.74, 6) is 1.17. The Morgan fingerprint density at radius 2 is 2.00 bits per heavy atom. The van der Waals surface area contributed by atoms with Crippen molar-refractivity contribution in [2.24, 2.45) is 5.41 Å². The van der Waals surface area contributed by atoms with Crippen LogP contribution in [-0.2, 0) is 0 Å². The normalized spacial score (nSPS) is 19.4. The fourth-order valence-corrected chi connectivity index (χ4v) is 3.05. The van der Waals surface area contributed by atoms with Gasteiger partial charge in [-0.05, 0) is 31.1 Å². The molecule has 0 aliphatic heterocycles. The topological polar surface area (TPSA) is 83.7 Å². The molecule has 1 fully saturated rings. The number of nitrogens with one attached hydrogen (secondary N) is 1. The number of H-pyrrole nitrogens is 1. The van der Waals surface area contributed by atoms with Crippen molar-refractivity contribution in [3.63, 3.8) is 0 Å². The fraction of sp³-hybridized carbons (Fsp3) is 0.643. The lowest BCUT2D eigenvalue weighted by Gasteiger charge is -2.39. The standard InChI is InChI=1S/C14H22N6/c1-14(2)6-4-9(5-7-14)20(3)12-10-8-16-19-11(10)17-13(15)18-12/h8-9H,4-7H2,1-3H3,(H3,15,16,17,18,19). The van der Waals surface area contributed by atoms with Crippen molar-refractivity contribution in [1.82, 2.24) is 20.2 Å². The van der Waals surface area contributed by atoms with Gasteiger partial charge in [-0.25, -0.2) is 0 Å². The fourth-order valence-electron chi connectivity index (χ4n) is 3.05. The zero-order valence-corrected chi connectivity index (χ0v) is 12.3. The number of hydrogen-bond acceptors (Lipinski definition) is 5. The largest absolute Gasteiger partial charge is 0.368 e. The molecule has 3 N–H and O–H groups in total. The van der Waals surface area contributed by atoms with E-state index in [1.54, 1.807) is 6.20 Å². The number of hydrogen-bond donors (Lipinski definition) is 2. The first-order valence-corrected chi connectivity index (χ1v) is 7.16. The lowest BCUT2D eigenvalue weighted by Crippen LogP contribution is -2.37. The molecule has 1 aliphatic carbocycles. The summed E-state index contributed by atoms with van der Waals surface area (Å²) in [6.45, 7) is 4.69. The molecule has 0 saturated heterocycles. The summed E-state index contributed by atoms with van der Waals surface area (Å²) in [5.41, 5.74) is 6.97. The van der Waals surface area contributed by atoms with E-state index >= 15 is 0 Å². The molecule has 6 heteroatoms. The Kier molecular flexibility index (Phi) is 3.03. The molecule has 2 aromatic heterocycles. The van der Waals surface area contributed by atoms with Gasteiger partial charge in [-0.15, -0.1) is 0 Å². The average molecular weight is 274 g/mol. The number of aromatic amines is 1. The van der Waals surface area contributed by atoms with Gasteiger partial charge in [-0.2, -0.15) is 15.1 Å². The summed E-state index contributed by atoms with van der Waals surface area (Å²) >= 11 is 0. The van der Waals surface area contributed by atoms with Crippen molar-refractivity contribution in [3.05, 3.63) is 6.20 Å². The van der Waals surface area contributed by atoms with Gasteiger partial charge in [0.05, 0.1) is 11.6 Å². The molecule has 1 aliphatic rings. The lowest BCUT2D eigenvalue weighted by atomic mass is 9.75. The number of anilines is 2. The maximum absolute atomic E-state index is 5.80. The Hall–Kier alpha value is -1.85. The summed E-state index contributed by atoms with van der Waals surface area (Å²) < 4.78 is 0. The van der Waals surface area contributed by atoms with E-state index in [0.717, 1.165) is 11.2 Å². The predicted octanol–water partition coefficient (Wildman–Crippen LogP) is 2.34. The first-order chi connectivity index (χ1) is 9.46. The van der Waals surface area contributed by atoms with Gasteiger partial charge in [0.15, 0.2) is 5.65 Å². The quantitative estimate of drug-likeness (QED) is 0.878. The van der Waals surface area contributed by atoms with E-state index < -0.39 is 0 Å². The van der Waals surface area contributed by atoms with Crippen LogP contribution in [0.5, 0.6) is 0 Å². The van der Waals surface area contributed by atoms with E-state index in [9.17, 15) is 0 Å². The zero-order valence-electron chi connectivity index (χ0n) is 12.3. The second-order valence-electron chi connectivity index (χ2n) is 6.54. The highest BCUT2D eigenvalue weighted by molar-refractivity contribution is 5.87. The number of rotatable bonds is 2. The van der Waals surface area contributed by atoms with E-state index in [0.29, 0.717) is 23.1 Å². The van der Waals surface area contributed by atoms with Crippen molar-refractivity contribution >= 4 is 22.8 Å². The summed E-state index contributed by atoms with van der Waals surface area (Å²) in [5, 5.41) is 7.84. The van der Waals surface area contributed by atoms with Crippen LogP contribution >= 0.6 is 0 Å². The number of nitrogens with zero attached hydrogens (tertiary/aromatic N) is 4. The summed E-state index contributed by atoms with van der Waals surface area (Å²) in [6.07, 6.45) is 6.64. The maximum atomic E-state index is 5.80. The first-order valence-electron chi connectivity index (χ1n) is 7.16. The highest BCUT2D eigenvalue weighted by Crippen LogP contribution is 2.38. The van der Waals surface area contributed by atoms with Crippen LogP contribution in [0.1, 0.15) is 39.5 Å². The van der Waals surface area contributed by atoms with E-state index in [-0.39, 0.29) is 0 Å². The van der Waals surface area contributed by atoms with E-state index in [1.807, 2.05) is 0 Å². The molecular formula is C14H22N6. The number of nitrogens with two attached hydrogens (primary N) is 1. The van der Waals surface area contributed by atoms with Crippen LogP contribution < -0.4 is 10.6 Å². The number of fused-ring (bicyclic) bond motifs is 1. The molecule has 0 amide bonds. The summed E-state index contributed by atoms with van der Waals surface area (Å²) in [7, 11) is 2.09. The molecule has 3 rings (SSSR count). The molecule has 108 valence electrons. The predicted molar refractivity (Wildman–Crippen MR) is 80.5 cm³/mol. The molecule has 0 bridgehead atoms. The van der Waals surface area contributed by atoms with E-state index in [2.05, 4.69) is 46.0 Å². The lowest BCUT2D eigenvalue weighted by molar-refractivity contribution is 0.222. The Labute approximate surface area is 118 Å². The van der Waals surface area contributed by atoms with Crippen molar-refractivity contribution in [2.75, 3.05) is 17.7 Å². The molecular weight excluding hydrogens is 252 g/mol. The summed E-state index contributed by atoms with van der Waals surface area (Å²) in [4.78, 5) is 10.8. The SMILES string of the molecule is CN(c1nc(N)nc2[nH]ncc12)C1CCC(C)(C)CC1. The summed E-state index contributed by atoms with van der Waals surface area (Å²) in [6, 6.07) is 0.510. The smallest absolute Gasteiger partial charge is 0.224 e. The van der Waals surface area contributed by atoms with Crippen molar-refractivity contribution < 1.29 is 0 Å². The van der Waals surface area contributed by atoms with Gasteiger partial charge in [0, 0.05) is 13.1 Å². The molecule has 0 atom stereocenters. The van der Waals surface area contributed by atoms with Gasteiger partial charge < -0.3 is 10.6 Å². The van der Waals surface area contributed by atoms with Gasteiger partial charge in [0.2, 0.25) is 5.95 Å². The Balaban J connectivity index is 1.89. The van der Waals surface area contributed by atoms with Crippen LogP contribution in [0.15, 0.2) is 6.20 Å². The monoisotopic (exact) mass is 274 g/mol. The Morgan fingerprint density at radius 3 is 2.70 bits per heavy atom. The van der Waals surface area contributed by atoms with Crippen molar-refractivity contribution in [2.45, 2.75) is 45.6 Å². The van der Waals surface area contributed by atoms with Gasteiger partial charge in [0.1, 0.15) is 5.82 Å². The second-order valence-corrected chi connectivity index (χ2v) is 6.54. The molecule has 0 aromatic carbocycles. The zero-order chi connectivity index (χ0) is 14.3. The van der Waals surface area contributed by atoms with Crippen LogP contribution in [-0.4, -0.2) is 33.3 Å². The molecule has 0 radical (unpaired) electrons. The van der Waals surface area contributed by atoms with Crippen LogP contribution in [0, 0.1) is 5.41 Å². The van der Waals surface area contributed by atoms with Gasteiger partial charge in [0.25, 0.3) is 0 Å². The van der Waals surface area contributed by atoms with Gasteiger partial charge >= 0.3 is 0 Å². The number of nitrogen functional groups attached to an aromatic ring is 1. The van der Waals surface area contributed by atoms with Crippen LogP contribution in [0.25, 0.3) is 11.0 Å². The van der Waals surface area contributed by atoms with Crippen molar-refractivity contribution in [3.8, 4) is 0 Å². The third-order valence-corrected chi connectivity index (χ3v) is 4.50. The average Bonchev–Trinajstić information content (AvgIpc) is 2.85. The maximum Gasteiger partial charge on any atom is 0.224 e. The highest BCUT2D eigenvalue weighted by atomic mass is 15.2. The van der Waals surface area contributed by atoms with Crippen LogP contribution in [0.4, 0.5) is 11.8 Å². The van der Waals surface area contributed by atoms with Gasteiger partial charge in [-0.3, -0.25) is 5.10 Å². The minimum absolute atomic E-state index is 0.291. The Morgan fingerprint density at radius 1 is 1.30 bits per heavy atom. The molecule has 1 saturated carbocycles. The van der Waals surface area contributed by atoms with Crippen LogP contribution in [0.3, 0.4) is 0 Å². The Bertz CT molecular complexity index is 607. The minimum atomic E-state index is 0.291. The molecule has 20 heavy (non-hydrogen) atoms. The van der Waals surface area contributed by atoms with Crippen molar-refractivity contribution in [1.29, 1.82) is 0 Å². The van der Waals surface area contributed by atoms with E-state index in [1.165, 1.54) is 25.7 Å². The highest BCUT2D eigenvalue weighted by Gasteiger charge is 2.30. The molecule has 0 unspecified atom stereocenters. The third-order valence-electron chi connectivity index (χ3n) is 4.50. The number of aromatic nitrogens is 4. The molecule has 6 nitrogen and oxygen atoms in total. The van der Waals surface area contributed by atoms with Crippen LogP contribution in [0.2, 0.25) is 0 Å². The molecule has 2 heterocycles. The van der Waals surface area contributed by atoms with Gasteiger partial charge in [-0.1, -0.05) is 13.8 Å².